The molecule has 118 valence electrons. The van der Waals surface area contributed by atoms with E-state index in [9.17, 15) is 18.0 Å². The largest absolute Gasteiger partial charge is 0.327 e. The summed E-state index contributed by atoms with van der Waals surface area (Å²) in [5.41, 5.74) is 0. The van der Waals surface area contributed by atoms with Crippen LogP contribution >= 0.6 is 0 Å². The van der Waals surface area contributed by atoms with Gasteiger partial charge in [0.2, 0.25) is 10.0 Å². The Bertz CT molecular complexity index is 518. The highest BCUT2D eigenvalue weighted by Gasteiger charge is 2.46. The van der Waals surface area contributed by atoms with Crippen molar-refractivity contribution in [1.29, 1.82) is 0 Å². The lowest BCUT2D eigenvalue weighted by molar-refractivity contribution is -0.128. The quantitative estimate of drug-likeness (QED) is 0.696. The fourth-order valence-corrected chi connectivity index (χ4v) is 4.84. The van der Waals surface area contributed by atoms with Gasteiger partial charge in [-0.2, -0.15) is 0 Å². The molecule has 0 aromatic rings. The number of piperidine rings is 1. The lowest BCUT2D eigenvalue weighted by Gasteiger charge is -2.26. The highest BCUT2D eigenvalue weighted by atomic mass is 32.2. The first-order chi connectivity index (χ1) is 10.0. The number of rotatable bonds is 4. The molecule has 8 heteroatoms. The molecule has 3 amide bonds. The van der Waals surface area contributed by atoms with Crippen molar-refractivity contribution >= 4 is 22.0 Å². The summed E-state index contributed by atoms with van der Waals surface area (Å²) < 4.78 is 25.8. The first-order valence-corrected chi connectivity index (χ1v) is 9.21. The Morgan fingerprint density at radius 1 is 1.00 bits per heavy atom. The van der Waals surface area contributed by atoms with Crippen LogP contribution in [0.15, 0.2) is 0 Å². The Balaban J connectivity index is 1.65. The number of fused-ring (bicyclic) bond motifs is 1. The fourth-order valence-electron chi connectivity index (χ4n) is 3.35. The summed E-state index contributed by atoms with van der Waals surface area (Å²) in [6, 6.07) is -0.679. The van der Waals surface area contributed by atoms with Gasteiger partial charge in [-0.1, -0.05) is 0 Å². The number of carbonyl (C=O) groups excluding carboxylic acids is 2. The van der Waals surface area contributed by atoms with E-state index < -0.39 is 10.0 Å². The molecule has 3 rings (SSSR count). The summed E-state index contributed by atoms with van der Waals surface area (Å²) in [5, 5.41) is 0. The van der Waals surface area contributed by atoms with E-state index in [1.54, 1.807) is 4.90 Å². The maximum absolute atomic E-state index is 12.2. The van der Waals surface area contributed by atoms with Crippen molar-refractivity contribution in [3.05, 3.63) is 0 Å². The lowest BCUT2D eigenvalue weighted by Crippen LogP contribution is -2.40. The van der Waals surface area contributed by atoms with Crippen LogP contribution < -0.4 is 0 Å². The first kappa shape index (κ1) is 14.8. The topological polar surface area (TPSA) is 78.0 Å². The minimum atomic E-state index is -3.36. The van der Waals surface area contributed by atoms with Crippen molar-refractivity contribution in [2.45, 2.75) is 38.1 Å². The van der Waals surface area contributed by atoms with Gasteiger partial charge >= 0.3 is 6.03 Å². The lowest BCUT2D eigenvalue weighted by atomic mass is 10.0. The van der Waals surface area contributed by atoms with Crippen molar-refractivity contribution < 1.29 is 18.0 Å². The third kappa shape index (κ3) is 2.66. The van der Waals surface area contributed by atoms with Gasteiger partial charge in [0.05, 0.1) is 5.75 Å². The standard InChI is InChI=1S/C13H21N3O4S/c17-12-11-5-1-2-8-15(11)13(18)16(12)9-10-21(19,20)14-6-3-4-7-14/h11H,1-10H2/t11-/m1/s1. The molecule has 0 aromatic carbocycles. The normalized spacial score (nSPS) is 27.5. The number of sulfonamides is 1. The predicted octanol–water partition coefficient (Wildman–Crippen LogP) is 0.229. The van der Waals surface area contributed by atoms with Gasteiger partial charge in [0, 0.05) is 26.2 Å². The molecule has 0 N–H and O–H groups in total. The Morgan fingerprint density at radius 2 is 1.67 bits per heavy atom. The van der Waals surface area contributed by atoms with Gasteiger partial charge < -0.3 is 4.90 Å². The minimum Gasteiger partial charge on any atom is -0.312 e. The van der Waals surface area contributed by atoms with Crippen molar-refractivity contribution in [3.8, 4) is 0 Å². The van der Waals surface area contributed by atoms with Gasteiger partial charge in [0.25, 0.3) is 5.91 Å². The van der Waals surface area contributed by atoms with Crippen molar-refractivity contribution in [1.82, 2.24) is 14.1 Å². The maximum atomic E-state index is 12.2. The summed E-state index contributed by atoms with van der Waals surface area (Å²) in [6.07, 6.45) is 4.32. The highest BCUT2D eigenvalue weighted by molar-refractivity contribution is 7.89. The molecule has 7 nitrogen and oxygen atoms in total. The number of hydrogen-bond donors (Lipinski definition) is 0. The zero-order valence-corrected chi connectivity index (χ0v) is 12.8. The van der Waals surface area contributed by atoms with E-state index in [1.165, 1.54) is 4.31 Å². The van der Waals surface area contributed by atoms with Crippen molar-refractivity contribution in [2.75, 3.05) is 31.9 Å². The molecule has 0 aromatic heterocycles. The second kappa shape index (κ2) is 5.57. The molecule has 0 unspecified atom stereocenters. The van der Waals surface area contributed by atoms with Crippen LogP contribution in [0, 0.1) is 0 Å². The summed E-state index contributed by atoms with van der Waals surface area (Å²) >= 11 is 0. The van der Waals surface area contributed by atoms with Crippen LogP contribution in [-0.4, -0.2) is 72.4 Å². The van der Waals surface area contributed by atoms with E-state index in [2.05, 4.69) is 0 Å². The van der Waals surface area contributed by atoms with Crippen LogP contribution in [0.25, 0.3) is 0 Å². The molecule has 3 saturated heterocycles. The Morgan fingerprint density at radius 3 is 2.33 bits per heavy atom. The minimum absolute atomic E-state index is 0.0243. The molecule has 0 spiro atoms. The van der Waals surface area contributed by atoms with E-state index >= 15 is 0 Å². The number of carbonyl (C=O) groups is 2. The molecular formula is C13H21N3O4S. The van der Waals surface area contributed by atoms with Gasteiger partial charge in [0.1, 0.15) is 6.04 Å². The van der Waals surface area contributed by atoms with Crippen molar-refractivity contribution in [2.24, 2.45) is 0 Å². The second-order valence-corrected chi connectivity index (χ2v) is 7.99. The van der Waals surface area contributed by atoms with E-state index in [4.69, 9.17) is 0 Å². The van der Waals surface area contributed by atoms with Crippen molar-refractivity contribution in [3.63, 3.8) is 0 Å². The smallest absolute Gasteiger partial charge is 0.312 e. The Hall–Kier alpha value is -1.15. The number of amides is 3. The molecule has 3 aliphatic heterocycles. The summed E-state index contributed by atoms with van der Waals surface area (Å²) in [4.78, 5) is 27.2. The van der Waals surface area contributed by atoms with Crippen LogP contribution in [0.4, 0.5) is 4.79 Å². The zero-order valence-electron chi connectivity index (χ0n) is 12.0. The number of imide groups is 1. The monoisotopic (exact) mass is 315 g/mol. The number of urea groups is 1. The van der Waals surface area contributed by atoms with E-state index in [0.29, 0.717) is 26.1 Å². The summed E-state index contributed by atoms with van der Waals surface area (Å²) in [6.45, 7) is 1.69. The first-order valence-electron chi connectivity index (χ1n) is 7.60. The predicted molar refractivity (Wildman–Crippen MR) is 76.0 cm³/mol. The van der Waals surface area contributed by atoms with Crippen LogP contribution in [0.5, 0.6) is 0 Å². The number of nitrogens with zero attached hydrogens (tertiary/aromatic N) is 3. The van der Waals surface area contributed by atoms with Gasteiger partial charge in [-0.25, -0.2) is 17.5 Å². The molecular weight excluding hydrogens is 294 g/mol. The molecule has 0 radical (unpaired) electrons. The van der Waals surface area contributed by atoms with Gasteiger partial charge in [-0.3, -0.25) is 9.69 Å². The van der Waals surface area contributed by atoms with Crippen LogP contribution in [0.3, 0.4) is 0 Å². The third-order valence-corrected chi connectivity index (χ3v) is 6.41. The van der Waals surface area contributed by atoms with Crippen LogP contribution in [0.2, 0.25) is 0 Å². The number of hydrogen-bond acceptors (Lipinski definition) is 4. The van der Waals surface area contributed by atoms with E-state index in [-0.39, 0.29) is 30.3 Å². The Labute approximate surface area is 124 Å². The van der Waals surface area contributed by atoms with Crippen LogP contribution in [0.1, 0.15) is 32.1 Å². The molecule has 0 saturated carbocycles. The van der Waals surface area contributed by atoms with Gasteiger partial charge in [-0.15, -0.1) is 0 Å². The van der Waals surface area contributed by atoms with E-state index in [1.807, 2.05) is 0 Å². The third-order valence-electron chi connectivity index (χ3n) is 4.56. The average Bonchev–Trinajstić information content (AvgIpc) is 3.08. The highest BCUT2D eigenvalue weighted by Crippen LogP contribution is 2.26. The molecule has 21 heavy (non-hydrogen) atoms. The molecule has 3 aliphatic rings. The molecule has 1 atom stereocenters. The SMILES string of the molecule is O=C1[C@H]2CCCCN2C(=O)N1CCS(=O)(=O)N1CCCC1. The Kier molecular flexibility index (Phi) is 3.92. The maximum Gasteiger partial charge on any atom is 0.327 e. The van der Waals surface area contributed by atoms with E-state index in [0.717, 1.165) is 30.6 Å². The molecule has 0 bridgehead atoms. The molecule has 3 heterocycles. The van der Waals surface area contributed by atoms with Gasteiger partial charge in [-0.05, 0) is 32.1 Å². The average molecular weight is 315 g/mol. The van der Waals surface area contributed by atoms with Gasteiger partial charge in [0.15, 0.2) is 0 Å². The molecule has 0 aliphatic carbocycles. The fraction of sp³-hybridized carbons (Fsp3) is 0.846. The second-order valence-electron chi connectivity index (χ2n) is 5.90. The summed E-state index contributed by atoms with van der Waals surface area (Å²) in [7, 11) is -3.36. The molecule has 3 fully saturated rings. The van der Waals surface area contributed by atoms with Crippen LogP contribution in [-0.2, 0) is 14.8 Å². The summed E-state index contributed by atoms with van der Waals surface area (Å²) in [5.74, 6) is -0.387. The zero-order chi connectivity index (χ0) is 15.0.